The first kappa shape index (κ1) is 13.9. The maximum atomic E-state index is 8.45. The van der Waals surface area contributed by atoms with Gasteiger partial charge in [-0.05, 0) is 43.7 Å². The van der Waals surface area contributed by atoms with Crippen molar-refractivity contribution in [1.29, 1.82) is 5.26 Å². The van der Waals surface area contributed by atoms with Crippen LogP contribution in [0.2, 0.25) is 0 Å². The number of benzene rings is 1. The van der Waals surface area contributed by atoms with E-state index in [-0.39, 0.29) is 0 Å². The van der Waals surface area contributed by atoms with E-state index >= 15 is 0 Å². The van der Waals surface area contributed by atoms with Crippen molar-refractivity contribution in [3.8, 4) is 11.8 Å². The third-order valence-electron chi connectivity index (χ3n) is 3.82. The molecular weight excluding hydrogens is 234 g/mol. The molecule has 0 saturated carbocycles. The minimum Gasteiger partial charge on any atom is -0.490 e. The number of hydrogen-bond donors (Lipinski definition) is 0. The van der Waals surface area contributed by atoms with Gasteiger partial charge in [-0.3, -0.25) is 0 Å². The molecule has 2 rings (SSSR count). The fraction of sp³-hybridized carbons (Fsp3) is 0.588. The van der Waals surface area contributed by atoms with Crippen molar-refractivity contribution in [2.45, 2.75) is 63.9 Å². The normalized spacial score (nSPS) is 17.3. The Kier molecular flexibility index (Phi) is 5.75. The standard InChI is InChI=1S/C17H23NO/c18-14-8-4-2-1-3-5-10-16-13-12-15-9-6-7-11-17(15)19-16/h6-7,9,11,16H,1-5,8,10,12-13H2/t16-/m1/s1. The van der Waals surface area contributed by atoms with Crippen LogP contribution < -0.4 is 4.74 Å². The van der Waals surface area contributed by atoms with Crippen molar-refractivity contribution in [3.05, 3.63) is 29.8 Å². The van der Waals surface area contributed by atoms with Crippen LogP contribution in [0.4, 0.5) is 0 Å². The van der Waals surface area contributed by atoms with Crippen LogP contribution in [0.5, 0.6) is 5.75 Å². The molecule has 0 unspecified atom stereocenters. The van der Waals surface area contributed by atoms with Gasteiger partial charge in [0.05, 0.1) is 12.2 Å². The predicted octanol–water partition coefficient (Wildman–Crippen LogP) is 4.63. The average molecular weight is 257 g/mol. The van der Waals surface area contributed by atoms with Gasteiger partial charge < -0.3 is 4.74 Å². The summed E-state index contributed by atoms with van der Waals surface area (Å²) in [6, 6.07) is 10.6. The quantitative estimate of drug-likeness (QED) is 0.667. The largest absolute Gasteiger partial charge is 0.490 e. The number of hydrogen-bond acceptors (Lipinski definition) is 2. The Morgan fingerprint density at radius 3 is 2.79 bits per heavy atom. The molecule has 1 aromatic rings. The van der Waals surface area contributed by atoms with E-state index < -0.39 is 0 Å². The van der Waals surface area contributed by atoms with Crippen molar-refractivity contribution in [2.75, 3.05) is 0 Å². The summed E-state index contributed by atoms with van der Waals surface area (Å²) in [5.74, 6) is 1.09. The summed E-state index contributed by atoms with van der Waals surface area (Å²) in [5.41, 5.74) is 1.36. The minimum absolute atomic E-state index is 0.411. The summed E-state index contributed by atoms with van der Waals surface area (Å²) < 4.78 is 6.03. The summed E-state index contributed by atoms with van der Waals surface area (Å²) >= 11 is 0. The monoisotopic (exact) mass is 257 g/mol. The molecule has 1 aliphatic heterocycles. The molecule has 0 amide bonds. The molecule has 0 spiro atoms. The van der Waals surface area contributed by atoms with E-state index in [1.807, 2.05) is 0 Å². The van der Waals surface area contributed by atoms with Crippen LogP contribution in [0.1, 0.15) is 56.9 Å². The van der Waals surface area contributed by atoms with E-state index in [0.29, 0.717) is 12.5 Å². The third-order valence-corrected chi connectivity index (χ3v) is 3.82. The molecule has 102 valence electrons. The van der Waals surface area contributed by atoms with Gasteiger partial charge in [-0.2, -0.15) is 5.26 Å². The van der Waals surface area contributed by atoms with Crippen LogP contribution in [-0.2, 0) is 6.42 Å². The average Bonchev–Trinajstić information content (AvgIpc) is 2.46. The molecule has 0 aliphatic carbocycles. The van der Waals surface area contributed by atoms with Crippen molar-refractivity contribution in [2.24, 2.45) is 0 Å². The molecule has 0 aromatic heterocycles. The summed E-state index contributed by atoms with van der Waals surface area (Å²) in [6.07, 6.45) is 10.6. The van der Waals surface area contributed by atoms with Gasteiger partial charge in [-0.1, -0.05) is 37.5 Å². The Bertz CT molecular complexity index is 422. The number of unbranched alkanes of at least 4 members (excludes halogenated alkanes) is 5. The topological polar surface area (TPSA) is 33.0 Å². The zero-order valence-corrected chi connectivity index (χ0v) is 11.6. The van der Waals surface area contributed by atoms with Crippen LogP contribution in [0, 0.1) is 11.3 Å². The SMILES string of the molecule is N#CCCCCCCC[C@@H]1CCc2ccccc2O1. The first-order valence-electron chi connectivity index (χ1n) is 7.51. The van der Waals surface area contributed by atoms with Crippen molar-refractivity contribution in [3.63, 3.8) is 0 Å². The van der Waals surface area contributed by atoms with Crippen LogP contribution >= 0.6 is 0 Å². The minimum atomic E-state index is 0.411. The van der Waals surface area contributed by atoms with Crippen LogP contribution in [0.15, 0.2) is 24.3 Å². The smallest absolute Gasteiger partial charge is 0.122 e. The number of ether oxygens (including phenoxy) is 1. The second-order valence-corrected chi connectivity index (χ2v) is 5.35. The first-order valence-corrected chi connectivity index (χ1v) is 7.51. The van der Waals surface area contributed by atoms with Crippen molar-refractivity contribution < 1.29 is 4.74 Å². The number of nitrogens with zero attached hydrogens (tertiary/aromatic N) is 1. The number of nitriles is 1. The van der Waals surface area contributed by atoms with E-state index in [0.717, 1.165) is 25.0 Å². The molecule has 0 radical (unpaired) electrons. The third kappa shape index (κ3) is 4.59. The fourth-order valence-electron chi connectivity index (χ4n) is 2.69. The van der Waals surface area contributed by atoms with Gasteiger partial charge in [0.25, 0.3) is 0 Å². The zero-order chi connectivity index (χ0) is 13.3. The molecule has 2 heteroatoms. The lowest BCUT2D eigenvalue weighted by Gasteiger charge is -2.26. The number of rotatable bonds is 7. The predicted molar refractivity (Wildman–Crippen MR) is 77.1 cm³/mol. The highest BCUT2D eigenvalue weighted by Crippen LogP contribution is 2.28. The molecule has 0 saturated heterocycles. The second kappa shape index (κ2) is 7.84. The summed E-state index contributed by atoms with van der Waals surface area (Å²) in [6.45, 7) is 0. The van der Waals surface area contributed by atoms with E-state index in [1.165, 1.54) is 37.7 Å². The number of aryl methyl sites for hydroxylation is 1. The van der Waals surface area contributed by atoms with Crippen molar-refractivity contribution in [1.82, 2.24) is 0 Å². The van der Waals surface area contributed by atoms with E-state index in [1.54, 1.807) is 0 Å². The highest BCUT2D eigenvalue weighted by Gasteiger charge is 2.18. The Balaban J connectivity index is 1.60. The lowest BCUT2D eigenvalue weighted by atomic mass is 9.98. The molecule has 1 atom stereocenters. The fourth-order valence-corrected chi connectivity index (χ4v) is 2.69. The first-order chi connectivity index (χ1) is 9.40. The maximum Gasteiger partial charge on any atom is 0.122 e. The molecule has 19 heavy (non-hydrogen) atoms. The van der Waals surface area contributed by atoms with Gasteiger partial charge in [0.2, 0.25) is 0 Å². The Morgan fingerprint density at radius 1 is 1.11 bits per heavy atom. The van der Waals surface area contributed by atoms with Crippen LogP contribution in [0.3, 0.4) is 0 Å². The van der Waals surface area contributed by atoms with Gasteiger partial charge >= 0.3 is 0 Å². The molecule has 1 aliphatic rings. The lowest BCUT2D eigenvalue weighted by molar-refractivity contribution is 0.160. The van der Waals surface area contributed by atoms with Gasteiger partial charge in [0.1, 0.15) is 5.75 Å². The van der Waals surface area contributed by atoms with Gasteiger partial charge in [-0.25, -0.2) is 0 Å². The molecule has 0 bridgehead atoms. The Labute approximate surface area is 116 Å². The highest BCUT2D eigenvalue weighted by atomic mass is 16.5. The van der Waals surface area contributed by atoms with E-state index in [9.17, 15) is 0 Å². The second-order valence-electron chi connectivity index (χ2n) is 5.35. The van der Waals surface area contributed by atoms with E-state index in [2.05, 4.69) is 30.3 Å². The summed E-state index contributed by atoms with van der Waals surface area (Å²) in [4.78, 5) is 0. The molecular formula is C17H23NO. The summed E-state index contributed by atoms with van der Waals surface area (Å²) in [5, 5.41) is 8.45. The number of fused-ring (bicyclic) bond motifs is 1. The molecule has 0 fully saturated rings. The Morgan fingerprint density at radius 2 is 1.89 bits per heavy atom. The van der Waals surface area contributed by atoms with Gasteiger partial charge in [-0.15, -0.1) is 0 Å². The maximum absolute atomic E-state index is 8.45. The van der Waals surface area contributed by atoms with E-state index in [4.69, 9.17) is 10.00 Å². The zero-order valence-electron chi connectivity index (χ0n) is 11.6. The number of para-hydroxylation sites is 1. The Hall–Kier alpha value is -1.49. The molecule has 0 N–H and O–H groups in total. The molecule has 1 heterocycles. The van der Waals surface area contributed by atoms with Crippen molar-refractivity contribution >= 4 is 0 Å². The van der Waals surface area contributed by atoms with Crippen LogP contribution in [-0.4, -0.2) is 6.10 Å². The molecule has 1 aromatic carbocycles. The van der Waals surface area contributed by atoms with Gasteiger partial charge in [0.15, 0.2) is 0 Å². The lowest BCUT2D eigenvalue weighted by Crippen LogP contribution is -2.22. The summed E-state index contributed by atoms with van der Waals surface area (Å²) in [7, 11) is 0. The van der Waals surface area contributed by atoms with Crippen LogP contribution in [0.25, 0.3) is 0 Å². The molecule has 2 nitrogen and oxygen atoms in total. The highest BCUT2D eigenvalue weighted by molar-refractivity contribution is 5.35. The van der Waals surface area contributed by atoms with Gasteiger partial charge in [0, 0.05) is 6.42 Å².